The minimum absolute atomic E-state index is 0.0319. The molecule has 3 rings (SSSR count). The molecule has 1 heterocycles. The smallest absolute Gasteiger partial charge is 0.240 e. The largest absolute Gasteiger partial charge is 0.304 e. The van der Waals surface area contributed by atoms with Crippen molar-refractivity contribution in [1.29, 1.82) is 0 Å². The highest BCUT2D eigenvalue weighted by atomic mass is 32.2. The Morgan fingerprint density at radius 3 is 2.35 bits per heavy atom. The fourth-order valence-electron chi connectivity index (χ4n) is 3.32. The summed E-state index contributed by atoms with van der Waals surface area (Å²) in [5.41, 5.74) is 2.08. The van der Waals surface area contributed by atoms with Crippen molar-refractivity contribution in [2.24, 2.45) is 0 Å². The second-order valence-corrected chi connectivity index (χ2v) is 8.70. The normalized spacial score (nSPS) is 17.9. The fraction of sp³-hybridized carbons (Fsp3) is 0.400. The third kappa shape index (κ3) is 4.71. The van der Waals surface area contributed by atoms with E-state index >= 15 is 0 Å². The highest BCUT2D eigenvalue weighted by Gasteiger charge is 2.25. The Kier molecular flexibility index (Phi) is 6.09. The van der Waals surface area contributed by atoms with Crippen molar-refractivity contribution >= 4 is 10.0 Å². The Labute approximate surface area is 156 Å². The Balaban J connectivity index is 1.77. The van der Waals surface area contributed by atoms with Crippen LogP contribution in [0.4, 0.5) is 0 Å². The van der Waals surface area contributed by atoms with Crippen molar-refractivity contribution in [3.8, 4) is 0 Å². The summed E-state index contributed by atoms with van der Waals surface area (Å²) in [4.78, 5) is 4.99. The van der Waals surface area contributed by atoms with Crippen LogP contribution in [-0.4, -0.2) is 58.0 Å². The second kappa shape index (κ2) is 8.31. The van der Waals surface area contributed by atoms with Crippen LogP contribution in [0.2, 0.25) is 0 Å². The topological polar surface area (TPSA) is 52.7 Å². The monoisotopic (exact) mass is 373 g/mol. The second-order valence-electron chi connectivity index (χ2n) is 6.93. The summed E-state index contributed by atoms with van der Waals surface area (Å²) in [6.45, 7) is 6.12. The maximum Gasteiger partial charge on any atom is 0.240 e. The molecule has 0 aliphatic carbocycles. The lowest BCUT2D eigenvalue weighted by Crippen LogP contribution is -2.48. The molecule has 6 heteroatoms. The molecule has 0 saturated carbocycles. The predicted octanol–water partition coefficient (Wildman–Crippen LogP) is 2.26. The molecular weight excluding hydrogens is 346 g/mol. The van der Waals surface area contributed by atoms with E-state index in [2.05, 4.69) is 33.7 Å². The van der Waals surface area contributed by atoms with Gasteiger partial charge in [-0.15, -0.1) is 0 Å². The SMILES string of the molecule is Cc1cccc(S(=O)(=O)NCC(c2ccccc2)N2CCN(C)CC2)c1. The van der Waals surface area contributed by atoms with Crippen LogP contribution in [0.1, 0.15) is 17.2 Å². The highest BCUT2D eigenvalue weighted by Crippen LogP contribution is 2.22. The first-order valence-electron chi connectivity index (χ1n) is 8.99. The van der Waals surface area contributed by atoms with E-state index in [1.54, 1.807) is 18.2 Å². The summed E-state index contributed by atoms with van der Waals surface area (Å²) in [5.74, 6) is 0. The van der Waals surface area contributed by atoms with E-state index in [0.29, 0.717) is 11.4 Å². The van der Waals surface area contributed by atoms with Crippen LogP contribution < -0.4 is 4.72 Å². The van der Waals surface area contributed by atoms with Gasteiger partial charge in [-0.25, -0.2) is 13.1 Å². The molecule has 140 valence electrons. The van der Waals surface area contributed by atoms with Gasteiger partial charge < -0.3 is 4.90 Å². The number of nitrogens with zero attached hydrogens (tertiary/aromatic N) is 2. The summed E-state index contributed by atoms with van der Waals surface area (Å²) >= 11 is 0. The van der Waals surface area contributed by atoms with E-state index in [-0.39, 0.29) is 6.04 Å². The number of benzene rings is 2. The molecule has 1 unspecified atom stereocenters. The molecule has 0 aromatic heterocycles. The molecule has 2 aromatic carbocycles. The first kappa shape index (κ1) is 19.0. The number of likely N-dealkylation sites (N-methyl/N-ethyl adjacent to an activating group) is 1. The van der Waals surface area contributed by atoms with Crippen molar-refractivity contribution in [2.75, 3.05) is 39.8 Å². The number of hydrogen-bond donors (Lipinski definition) is 1. The average molecular weight is 374 g/mol. The highest BCUT2D eigenvalue weighted by molar-refractivity contribution is 7.89. The van der Waals surface area contributed by atoms with Crippen LogP contribution in [0.5, 0.6) is 0 Å². The van der Waals surface area contributed by atoms with Gasteiger partial charge in [0.2, 0.25) is 10.0 Å². The summed E-state index contributed by atoms with van der Waals surface area (Å²) in [7, 11) is -1.40. The summed E-state index contributed by atoms with van der Waals surface area (Å²) in [6.07, 6.45) is 0. The molecule has 1 N–H and O–H groups in total. The summed E-state index contributed by atoms with van der Waals surface area (Å²) in [5, 5.41) is 0. The van der Waals surface area contributed by atoms with Gasteiger partial charge in [0.25, 0.3) is 0 Å². The summed E-state index contributed by atoms with van der Waals surface area (Å²) in [6, 6.07) is 17.2. The molecule has 0 bridgehead atoms. The van der Waals surface area contributed by atoms with Gasteiger partial charge in [0.05, 0.1) is 4.90 Å². The average Bonchev–Trinajstić information content (AvgIpc) is 2.64. The van der Waals surface area contributed by atoms with Crippen molar-refractivity contribution < 1.29 is 8.42 Å². The minimum atomic E-state index is -3.52. The minimum Gasteiger partial charge on any atom is -0.304 e. The zero-order valence-corrected chi connectivity index (χ0v) is 16.2. The van der Waals surface area contributed by atoms with Gasteiger partial charge in [-0.1, -0.05) is 42.5 Å². The molecule has 1 atom stereocenters. The number of aryl methyl sites for hydroxylation is 1. The van der Waals surface area contributed by atoms with Crippen LogP contribution in [0.3, 0.4) is 0 Å². The number of hydrogen-bond acceptors (Lipinski definition) is 4. The fourth-order valence-corrected chi connectivity index (χ4v) is 4.46. The van der Waals surface area contributed by atoms with Gasteiger partial charge >= 0.3 is 0 Å². The maximum atomic E-state index is 12.7. The maximum absolute atomic E-state index is 12.7. The lowest BCUT2D eigenvalue weighted by molar-refractivity contribution is 0.113. The quantitative estimate of drug-likeness (QED) is 0.844. The molecule has 1 saturated heterocycles. The number of sulfonamides is 1. The van der Waals surface area contributed by atoms with Crippen LogP contribution in [-0.2, 0) is 10.0 Å². The zero-order valence-electron chi connectivity index (χ0n) is 15.4. The van der Waals surface area contributed by atoms with Crippen LogP contribution in [0.15, 0.2) is 59.5 Å². The summed E-state index contributed by atoms with van der Waals surface area (Å²) < 4.78 is 28.3. The van der Waals surface area contributed by atoms with Crippen molar-refractivity contribution in [2.45, 2.75) is 17.9 Å². The molecule has 1 aliphatic rings. The van der Waals surface area contributed by atoms with Gasteiger partial charge in [-0.05, 0) is 37.2 Å². The lowest BCUT2D eigenvalue weighted by atomic mass is 10.0. The standard InChI is InChI=1S/C20H27N3O2S/c1-17-7-6-10-19(15-17)26(24,25)21-16-20(18-8-4-3-5-9-18)23-13-11-22(2)12-14-23/h3-10,15,20-21H,11-14,16H2,1-2H3. The van der Waals surface area contributed by atoms with Crippen LogP contribution in [0.25, 0.3) is 0 Å². The van der Waals surface area contributed by atoms with E-state index in [4.69, 9.17) is 0 Å². The van der Waals surface area contributed by atoms with E-state index in [1.807, 2.05) is 31.2 Å². The lowest BCUT2D eigenvalue weighted by Gasteiger charge is -2.38. The molecule has 2 aromatic rings. The molecule has 0 spiro atoms. The molecule has 1 aliphatic heterocycles. The third-order valence-corrected chi connectivity index (χ3v) is 6.35. The molecular formula is C20H27N3O2S. The van der Waals surface area contributed by atoms with Crippen molar-refractivity contribution in [3.05, 3.63) is 65.7 Å². The van der Waals surface area contributed by atoms with E-state index in [0.717, 1.165) is 37.3 Å². The number of rotatable bonds is 6. The van der Waals surface area contributed by atoms with Crippen molar-refractivity contribution in [3.63, 3.8) is 0 Å². The zero-order chi connectivity index (χ0) is 18.6. The van der Waals surface area contributed by atoms with Gasteiger partial charge in [0.15, 0.2) is 0 Å². The Morgan fingerprint density at radius 2 is 1.69 bits per heavy atom. The Morgan fingerprint density at radius 1 is 1.00 bits per heavy atom. The van der Waals surface area contributed by atoms with Gasteiger partial charge in [-0.3, -0.25) is 4.90 Å². The van der Waals surface area contributed by atoms with Crippen LogP contribution >= 0.6 is 0 Å². The molecule has 5 nitrogen and oxygen atoms in total. The van der Waals surface area contributed by atoms with Gasteiger partial charge in [0.1, 0.15) is 0 Å². The molecule has 0 radical (unpaired) electrons. The van der Waals surface area contributed by atoms with E-state index < -0.39 is 10.0 Å². The van der Waals surface area contributed by atoms with E-state index in [9.17, 15) is 8.42 Å². The Bertz CT molecular complexity index is 816. The van der Waals surface area contributed by atoms with Crippen LogP contribution in [0, 0.1) is 6.92 Å². The van der Waals surface area contributed by atoms with Gasteiger partial charge in [0, 0.05) is 38.8 Å². The first-order chi connectivity index (χ1) is 12.5. The van der Waals surface area contributed by atoms with Gasteiger partial charge in [-0.2, -0.15) is 0 Å². The Hall–Kier alpha value is -1.73. The predicted molar refractivity (Wildman–Crippen MR) is 105 cm³/mol. The molecule has 0 amide bonds. The number of piperazine rings is 1. The first-order valence-corrected chi connectivity index (χ1v) is 10.5. The third-order valence-electron chi connectivity index (χ3n) is 4.93. The van der Waals surface area contributed by atoms with E-state index in [1.165, 1.54) is 0 Å². The number of nitrogens with one attached hydrogen (secondary N) is 1. The molecule has 26 heavy (non-hydrogen) atoms. The molecule has 1 fully saturated rings. The van der Waals surface area contributed by atoms with Crippen molar-refractivity contribution in [1.82, 2.24) is 14.5 Å².